The molecule has 2 unspecified atom stereocenters. The smallest absolute Gasteiger partial charge is 0.142 e. The van der Waals surface area contributed by atoms with Crippen molar-refractivity contribution in [2.24, 2.45) is 5.73 Å². The van der Waals surface area contributed by atoms with Gasteiger partial charge in [-0.05, 0) is 25.5 Å². The molecule has 0 saturated carbocycles. The summed E-state index contributed by atoms with van der Waals surface area (Å²) in [6.07, 6.45) is 1.95. The summed E-state index contributed by atoms with van der Waals surface area (Å²) in [6.45, 7) is 0.946. The molecule has 0 radical (unpaired) electrons. The fourth-order valence-electron chi connectivity index (χ4n) is 2.20. The largest absolute Gasteiger partial charge is 0.495 e. The van der Waals surface area contributed by atoms with Crippen molar-refractivity contribution in [1.29, 1.82) is 0 Å². The van der Waals surface area contributed by atoms with Crippen molar-refractivity contribution >= 4 is 11.6 Å². The van der Waals surface area contributed by atoms with Crippen molar-refractivity contribution in [2.75, 3.05) is 13.7 Å². The molecule has 1 aliphatic heterocycles. The summed E-state index contributed by atoms with van der Waals surface area (Å²) in [7, 11) is 1.65. The summed E-state index contributed by atoms with van der Waals surface area (Å²) in [6, 6.07) is 6.34. The number of ether oxygens (including phenoxy) is 1. The summed E-state index contributed by atoms with van der Waals surface area (Å²) in [5.74, 6) is 0.760. The second-order valence-corrected chi connectivity index (χ2v) is 4.56. The number of nitrogens with two attached hydrogens (primary N) is 1. The minimum Gasteiger partial charge on any atom is -0.495 e. The maximum atomic E-state index is 6.10. The van der Waals surface area contributed by atoms with E-state index in [1.54, 1.807) is 7.11 Å². The zero-order valence-corrected chi connectivity index (χ0v) is 10.1. The highest BCUT2D eigenvalue weighted by atomic mass is 35.5. The van der Waals surface area contributed by atoms with Crippen LogP contribution in [0.1, 0.15) is 24.4 Å². The van der Waals surface area contributed by atoms with Crippen molar-refractivity contribution in [2.45, 2.75) is 24.9 Å². The Balaban J connectivity index is 2.28. The molecule has 0 bridgehead atoms. The van der Waals surface area contributed by atoms with E-state index < -0.39 is 0 Å². The molecule has 1 aliphatic rings. The second-order valence-electron chi connectivity index (χ2n) is 4.15. The number of hydrogen-bond donors (Lipinski definition) is 2. The van der Waals surface area contributed by atoms with Gasteiger partial charge in [-0.25, -0.2) is 0 Å². The van der Waals surface area contributed by atoms with E-state index >= 15 is 0 Å². The van der Waals surface area contributed by atoms with Crippen LogP contribution in [0.15, 0.2) is 18.2 Å². The highest BCUT2D eigenvalue weighted by Crippen LogP contribution is 2.35. The van der Waals surface area contributed by atoms with Crippen molar-refractivity contribution in [3.8, 4) is 5.75 Å². The van der Waals surface area contributed by atoms with Gasteiger partial charge in [-0.15, -0.1) is 0 Å². The molecule has 0 amide bonds. The summed E-state index contributed by atoms with van der Waals surface area (Å²) < 4.78 is 5.35. The van der Waals surface area contributed by atoms with E-state index in [9.17, 15) is 0 Å². The van der Waals surface area contributed by atoms with Gasteiger partial charge < -0.3 is 15.8 Å². The van der Waals surface area contributed by atoms with E-state index in [0.717, 1.165) is 30.7 Å². The molecule has 1 fully saturated rings. The molecule has 88 valence electrons. The lowest BCUT2D eigenvalue weighted by atomic mass is 9.94. The van der Waals surface area contributed by atoms with Gasteiger partial charge in [0.15, 0.2) is 0 Å². The molecule has 1 aromatic carbocycles. The predicted molar refractivity (Wildman–Crippen MR) is 66.0 cm³/mol. The Kier molecular flexibility index (Phi) is 3.69. The number of para-hydroxylation sites is 1. The molecule has 0 aliphatic carbocycles. The summed E-state index contributed by atoms with van der Waals surface area (Å²) in [4.78, 5) is 0. The number of hydrogen-bond acceptors (Lipinski definition) is 3. The lowest BCUT2D eigenvalue weighted by Gasteiger charge is -2.29. The van der Waals surface area contributed by atoms with Gasteiger partial charge in [0.2, 0.25) is 0 Å². The first kappa shape index (κ1) is 11.7. The zero-order chi connectivity index (χ0) is 11.5. The van der Waals surface area contributed by atoms with Crippen LogP contribution in [0.4, 0.5) is 0 Å². The molecule has 2 rings (SSSR count). The van der Waals surface area contributed by atoms with E-state index in [4.69, 9.17) is 22.1 Å². The fraction of sp³-hybridized carbons (Fsp3) is 0.500. The lowest BCUT2D eigenvalue weighted by Crippen LogP contribution is -2.38. The molecule has 0 aromatic heterocycles. The highest BCUT2D eigenvalue weighted by Gasteiger charge is 2.23. The molecule has 4 heteroatoms. The van der Waals surface area contributed by atoms with E-state index in [2.05, 4.69) is 5.32 Å². The topological polar surface area (TPSA) is 47.3 Å². The molecular formula is C12H17ClN2O. The zero-order valence-electron chi connectivity index (χ0n) is 9.37. The Labute approximate surface area is 101 Å². The molecule has 1 aromatic rings. The van der Waals surface area contributed by atoms with Crippen LogP contribution in [0, 0.1) is 0 Å². The Hall–Kier alpha value is -0.770. The summed E-state index contributed by atoms with van der Waals surface area (Å²) in [5.41, 5.74) is 7.08. The quantitative estimate of drug-likeness (QED) is 0.832. The third kappa shape index (κ3) is 2.32. The number of piperidine rings is 1. The maximum absolute atomic E-state index is 6.10. The molecule has 1 heterocycles. The van der Waals surface area contributed by atoms with Gasteiger partial charge in [-0.3, -0.25) is 0 Å². The van der Waals surface area contributed by atoms with E-state index in [-0.39, 0.29) is 12.1 Å². The standard InChI is InChI=1S/C12H17ClN2O/c1-16-12-9(3-2-4-10(12)13)11-7-8(14)5-6-15-11/h2-4,8,11,15H,5-7,14H2,1H3. The Morgan fingerprint density at radius 3 is 3.00 bits per heavy atom. The number of methoxy groups -OCH3 is 1. The van der Waals surface area contributed by atoms with Gasteiger partial charge in [0, 0.05) is 17.6 Å². The van der Waals surface area contributed by atoms with E-state index in [0.29, 0.717) is 5.02 Å². The van der Waals surface area contributed by atoms with Crippen LogP contribution in [-0.2, 0) is 0 Å². The summed E-state index contributed by atoms with van der Waals surface area (Å²) in [5, 5.41) is 4.10. The molecule has 16 heavy (non-hydrogen) atoms. The SMILES string of the molecule is COc1c(Cl)cccc1C1CC(N)CCN1. The number of rotatable bonds is 2. The van der Waals surface area contributed by atoms with Gasteiger partial charge in [-0.1, -0.05) is 23.7 Å². The summed E-state index contributed by atoms with van der Waals surface area (Å²) >= 11 is 6.10. The lowest BCUT2D eigenvalue weighted by molar-refractivity contribution is 0.350. The van der Waals surface area contributed by atoms with Gasteiger partial charge >= 0.3 is 0 Å². The minimum atomic E-state index is 0.248. The average Bonchev–Trinajstić information content (AvgIpc) is 2.28. The number of halogens is 1. The average molecular weight is 241 g/mol. The third-order valence-electron chi connectivity index (χ3n) is 3.02. The first-order valence-corrected chi connectivity index (χ1v) is 5.91. The van der Waals surface area contributed by atoms with Gasteiger partial charge in [0.25, 0.3) is 0 Å². The van der Waals surface area contributed by atoms with Crippen LogP contribution in [0.3, 0.4) is 0 Å². The second kappa shape index (κ2) is 5.04. The predicted octanol–water partition coefficient (Wildman–Crippen LogP) is 2.10. The molecule has 3 N–H and O–H groups in total. The fourth-order valence-corrected chi connectivity index (χ4v) is 2.46. The Bertz CT molecular complexity index is 370. The van der Waals surface area contributed by atoms with Crippen molar-refractivity contribution in [3.63, 3.8) is 0 Å². The van der Waals surface area contributed by atoms with Crippen LogP contribution in [0.25, 0.3) is 0 Å². The van der Waals surface area contributed by atoms with Gasteiger partial charge in [0.05, 0.1) is 12.1 Å². The normalized spacial score (nSPS) is 25.4. The van der Waals surface area contributed by atoms with E-state index in [1.807, 2.05) is 18.2 Å². The molecule has 1 saturated heterocycles. The van der Waals surface area contributed by atoms with Crippen LogP contribution >= 0.6 is 11.6 Å². The van der Waals surface area contributed by atoms with Crippen LogP contribution in [-0.4, -0.2) is 19.7 Å². The highest BCUT2D eigenvalue weighted by molar-refractivity contribution is 6.32. The van der Waals surface area contributed by atoms with Crippen molar-refractivity contribution < 1.29 is 4.74 Å². The first-order chi connectivity index (χ1) is 7.72. The van der Waals surface area contributed by atoms with Crippen LogP contribution in [0.5, 0.6) is 5.75 Å². The molecule has 3 nitrogen and oxygen atoms in total. The van der Waals surface area contributed by atoms with Crippen molar-refractivity contribution in [3.05, 3.63) is 28.8 Å². The first-order valence-electron chi connectivity index (χ1n) is 5.53. The Morgan fingerprint density at radius 2 is 2.31 bits per heavy atom. The van der Waals surface area contributed by atoms with Crippen LogP contribution in [0.2, 0.25) is 5.02 Å². The number of benzene rings is 1. The Morgan fingerprint density at radius 1 is 1.50 bits per heavy atom. The molecule has 2 atom stereocenters. The monoisotopic (exact) mass is 240 g/mol. The van der Waals surface area contributed by atoms with Gasteiger partial charge in [-0.2, -0.15) is 0 Å². The minimum absolute atomic E-state index is 0.248. The maximum Gasteiger partial charge on any atom is 0.142 e. The number of nitrogens with one attached hydrogen (secondary N) is 1. The third-order valence-corrected chi connectivity index (χ3v) is 3.32. The van der Waals surface area contributed by atoms with E-state index in [1.165, 1.54) is 0 Å². The van der Waals surface area contributed by atoms with Crippen molar-refractivity contribution in [1.82, 2.24) is 5.32 Å². The van der Waals surface area contributed by atoms with Gasteiger partial charge in [0.1, 0.15) is 5.75 Å². The van der Waals surface area contributed by atoms with Crippen LogP contribution < -0.4 is 15.8 Å². The molecule has 0 spiro atoms. The molecular weight excluding hydrogens is 224 g/mol.